The first-order chi connectivity index (χ1) is 9.73. The molecular formula is C12H20N4O3S2. The van der Waals surface area contributed by atoms with Crippen LogP contribution in [0.2, 0.25) is 0 Å². The van der Waals surface area contributed by atoms with E-state index in [0.717, 1.165) is 9.88 Å². The van der Waals surface area contributed by atoms with E-state index in [9.17, 15) is 13.2 Å². The molecule has 118 valence electrons. The van der Waals surface area contributed by atoms with Crippen LogP contribution in [-0.2, 0) is 10.2 Å². The van der Waals surface area contributed by atoms with Crippen molar-refractivity contribution < 1.29 is 13.2 Å². The van der Waals surface area contributed by atoms with Gasteiger partial charge in [-0.15, -0.1) is 11.3 Å². The van der Waals surface area contributed by atoms with Crippen LogP contribution in [0, 0.1) is 13.8 Å². The molecule has 0 unspecified atom stereocenters. The fourth-order valence-electron chi connectivity index (χ4n) is 2.23. The molecule has 1 aromatic heterocycles. The highest BCUT2D eigenvalue weighted by molar-refractivity contribution is 7.86. The molecule has 21 heavy (non-hydrogen) atoms. The molecule has 1 fully saturated rings. The molecule has 2 rings (SSSR count). The molecular weight excluding hydrogens is 312 g/mol. The van der Waals surface area contributed by atoms with Crippen molar-refractivity contribution in [1.82, 2.24) is 18.5 Å². The fraction of sp³-hybridized carbons (Fsp3) is 0.667. The zero-order valence-electron chi connectivity index (χ0n) is 12.7. The topological polar surface area (TPSA) is 73.8 Å². The number of hydrogen-bond donors (Lipinski definition) is 0. The van der Waals surface area contributed by atoms with E-state index in [1.165, 1.54) is 34.0 Å². The second-order valence-corrected chi connectivity index (χ2v) is 8.67. The molecule has 0 aliphatic carbocycles. The average Bonchev–Trinajstić information content (AvgIpc) is 2.77. The predicted octanol–water partition coefficient (Wildman–Crippen LogP) is 0.324. The third-order valence-electron chi connectivity index (χ3n) is 3.42. The van der Waals surface area contributed by atoms with E-state index in [1.807, 2.05) is 13.8 Å². The maximum Gasteiger partial charge on any atom is 0.281 e. The Labute approximate surface area is 129 Å². The molecule has 0 atom stereocenters. The van der Waals surface area contributed by atoms with Crippen molar-refractivity contribution in [3.63, 3.8) is 0 Å². The zero-order valence-corrected chi connectivity index (χ0v) is 14.3. The number of hydrogen-bond acceptors (Lipinski definition) is 5. The van der Waals surface area contributed by atoms with E-state index in [1.54, 1.807) is 4.90 Å². The summed E-state index contributed by atoms with van der Waals surface area (Å²) in [5, 5.41) is 0.865. The first-order valence-corrected chi connectivity index (χ1v) is 8.85. The zero-order chi connectivity index (χ0) is 15.8. The van der Waals surface area contributed by atoms with E-state index in [2.05, 4.69) is 4.98 Å². The van der Waals surface area contributed by atoms with Gasteiger partial charge in [0.25, 0.3) is 16.1 Å². The molecule has 1 aliphatic rings. The van der Waals surface area contributed by atoms with Gasteiger partial charge in [0.1, 0.15) is 5.69 Å². The smallest absolute Gasteiger partial charge is 0.281 e. The van der Waals surface area contributed by atoms with E-state index >= 15 is 0 Å². The number of nitrogens with zero attached hydrogens (tertiary/aromatic N) is 4. The fourth-order valence-corrected chi connectivity index (χ4v) is 4.13. The summed E-state index contributed by atoms with van der Waals surface area (Å²) in [7, 11) is -0.386. The van der Waals surface area contributed by atoms with E-state index in [4.69, 9.17) is 0 Å². The number of carbonyl (C=O) groups excluding carboxylic acids is 1. The first-order valence-electron chi connectivity index (χ1n) is 6.64. The molecule has 1 amide bonds. The number of aromatic nitrogens is 1. The lowest BCUT2D eigenvalue weighted by Crippen LogP contribution is -2.53. The normalized spacial score (nSPS) is 17.5. The Morgan fingerprint density at radius 3 is 2.19 bits per heavy atom. The molecule has 0 N–H and O–H groups in total. The SMILES string of the molecule is Cc1nc(C(=O)N2CCN(S(=O)(=O)N(C)C)CC2)c(C)s1. The summed E-state index contributed by atoms with van der Waals surface area (Å²) >= 11 is 1.50. The summed E-state index contributed by atoms with van der Waals surface area (Å²) in [4.78, 5) is 19.3. The standard InChI is InChI=1S/C12H20N4O3S2/c1-9-11(13-10(2)20-9)12(17)15-5-7-16(8-6-15)21(18,19)14(3)4/h5-8H2,1-4H3. The van der Waals surface area contributed by atoms with Crippen molar-refractivity contribution in [3.8, 4) is 0 Å². The molecule has 1 saturated heterocycles. The van der Waals surface area contributed by atoms with Gasteiger partial charge in [-0.25, -0.2) is 4.98 Å². The van der Waals surface area contributed by atoms with Crippen LogP contribution in [0.15, 0.2) is 0 Å². The molecule has 0 saturated carbocycles. The molecule has 0 radical (unpaired) electrons. The number of aryl methyl sites for hydroxylation is 2. The minimum absolute atomic E-state index is 0.112. The van der Waals surface area contributed by atoms with Crippen LogP contribution in [0.5, 0.6) is 0 Å². The number of thiazole rings is 1. The highest BCUT2D eigenvalue weighted by Crippen LogP contribution is 2.19. The Bertz CT molecular complexity index is 631. The largest absolute Gasteiger partial charge is 0.335 e. The summed E-state index contributed by atoms with van der Waals surface area (Å²) in [6, 6.07) is 0. The van der Waals surface area contributed by atoms with Gasteiger partial charge in [-0.3, -0.25) is 4.79 Å². The van der Waals surface area contributed by atoms with Gasteiger partial charge in [-0.2, -0.15) is 17.0 Å². The van der Waals surface area contributed by atoms with Crippen molar-refractivity contribution >= 4 is 27.5 Å². The number of amides is 1. The summed E-state index contributed by atoms with van der Waals surface area (Å²) in [5.74, 6) is -0.112. The van der Waals surface area contributed by atoms with Gasteiger partial charge < -0.3 is 4.90 Å². The van der Waals surface area contributed by atoms with Crippen LogP contribution in [0.1, 0.15) is 20.4 Å². The van der Waals surface area contributed by atoms with Gasteiger partial charge in [0.15, 0.2) is 0 Å². The number of carbonyl (C=O) groups is 1. The maximum atomic E-state index is 12.4. The van der Waals surface area contributed by atoms with Gasteiger partial charge in [0, 0.05) is 45.2 Å². The molecule has 0 spiro atoms. The Hall–Kier alpha value is -1.03. The van der Waals surface area contributed by atoms with Gasteiger partial charge in [-0.05, 0) is 13.8 Å². The van der Waals surface area contributed by atoms with Crippen molar-refractivity contribution in [2.24, 2.45) is 0 Å². The van der Waals surface area contributed by atoms with E-state index in [-0.39, 0.29) is 5.91 Å². The number of rotatable bonds is 3. The average molecular weight is 332 g/mol. The van der Waals surface area contributed by atoms with Crippen molar-refractivity contribution in [3.05, 3.63) is 15.6 Å². The van der Waals surface area contributed by atoms with Crippen LogP contribution in [0.25, 0.3) is 0 Å². The molecule has 1 aliphatic heterocycles. The highest BCUT2D eigenvalue weighted by atomic mass is 32.2. The van der Waals surface area contributed by atoms with Crippen molar-refractivity contribution in [2.45, 2.75) is 13.8 Å². The third-order valence-corrected chi connectivity index (χ3v) is 6.25. The number of piperazine rings is 1. The summed E-state index contributed by atoms with van der Waals surface area (Å²) in [6.45, 7) is 5.16. The molecule has 0 aromatic carbocycles. The van der Waals surface area contributed by atoms with Crippen LogP contribution < -0.4 is 0 Å². The summed E-state index contributed by atoms with van der Waals surface area (Å²) < 4.78 is 26.6. The van der Waals surface area contributed by atoms with E-state index < -0.39 is 10.2 Å². The predicted molar refractivity (Wildman–Crippen MR) is 81.7 cm³/mol. The van der Waals surface area contributed by atoms with Gasteiger partial charge in [0.05, 0.1) is 5.01 Å². The molecule has 2 heterocycles. The van der Waals surface area contributed by atoms with Crippen LogP contribution >= 0.6 is 11.3 Å². The first kappa shape index (κ1) is 16.3. The lowest BCUT2D eigenvalue weighted by molar-refractivity contribution is 0.0689. The molecule has 0 bridgehead atoms. The lowest BCUT2D eigenvalue weighted by atomic mass is 10.3. The Morgan fingerprint density at radius 2 is 1.76 bits per heavy atom. The Kier molecular flexibility index (Phi) is 4.66. The summed E-state index contributed by atoms with van der Waals surface area (Å²) in [6.07, 6.45) is 0. The maximum absolute atomic E-state index is 12.4. The second-order valence-electron chi connectivity index (χ2n) is 5.12. The van der Waals surface area contributed by atoms with Crippen LogP contribution in [0.3, 0.4) is 0 Å². The van der Waals surface area contributed by atoms with Gasteiger partial charge >= 0.3 is 0 Å². The molecule has 9 heteroatoms. The summed E-state index contributed by atoms with van der Waals surface area (Å²) in [5.41, 5.74) is 0.487. The van der Waals surface area contributed by atoms with Crippen molar-refractivity contribution in [2.75, 3.05) is 40.3 Å². The van der Waals surface area contributed by atoms with Gasteiger partial charge in [0.2, 0.25) is 0 Å². The minimum Gasteiger partial charge on any atom is -0.335 e. The Morgan fingerprint density at radius 1 is 1.19 bits per heavy atom. The minimum atomic E-state index is -3.40. The highest BCUT2D eigenvalue weighted by Gasteiger charge is 2.31. The molecule has 1 aromatic rings. The molecule has 7 nitrogen and oxygen atoms in total. The quantitative estimate of drug-likeness (QED) is 0.799. The van der Waals surface area contributed by atoms with E-state index in [0.29, 0.717) is 31.9 Å². The monoisotopic (exact) mass is 332 g/mol. The van der Waals surface area contributed by atoms with Crippen molar-refractivity contribution in [1.29, 1.82) is 0 Å². The Balaban J connectivity index is 2.05. The van der Waals surface area contributed by atoms with Gasteiger partial charge in [-0.1, -0.05) is 0 Å². The third kappa shape index (κ3) is 3.25. The lowest BCUT2D eigenvalue weighted by Gasteiger charge is -2.34. The second kappa shape index (κ2) is 5.99. The van der Waals surface area contributed by atoms with Crippen LogP contribution in [0.4, 0.5) is 0 Å². The van der Waals surface area contributed by atoms with Crippen LogP contribution in [-0.4, -0.2) is 73.1 Å².